The lowest BCUT2D eigenvalue weighted by molar-refractivity contribution is 0.0943. The molecule has 0 aliphatic carbocycles. The minimum Gasteiger partial charge on any atom is -0.492 e. The Kier molecular flexibility index (Phi) is 6.15. The van der Waals surface area contributed by atoms with Gasteiger partial charge in [0.1, 0.15) is 5.75 Å². The van der Waals surface area contributed by atoms with Crippen molar-refractivity contribution in [3.05, 3.63) is 100 Å². The zero-order valence-electron chi connectivity index (χ0n) is 15.4. The summed E-state index contributed by atoms with van der Waals surface area (Å²) in [5.41, 5.74) is 3.71. The Morgan fingerprint density at radius 2 is 1.74 bits per heavy atom. The van der Waals surface area contributed by atoms with Gasteiger partial charge >= 0.3 is 0 Å². The van der Waals surface area contributed by atoms with Gasteiger partial charge in [-0.25, -0.2) is 0 Å². The van der Waals surface area contributed by atoms with Crippen LogP contribution < -0.4 is 10.1 Å². The quantitative estimate of drug-likeness (QED) is 0.608. The Morgan fingerprint density at radius 1 is 1.04 bits per heavy atom. The molecule has 0 heterocycles. The van der Waals surface area contributed by atoms with Gasteiger partial charge < -0.3 is 10.1 Å². The van der Waals surface area contributed by atoms with Gasteiger partial charge in [-0.05, 0) is 48.7 Å². The van der Waals surface area contributed by atoms with Gasteiger partial charge in [-0.3, -0.25) is 4.79 Å². The lowest BCUT2D eigenvalue weighted by Crippen LogP contribution is -2.29. The zero-order chi connectivity index (χ0) is 19.2. The van der Waals surface area contributed by atoms with Crippen LogP contribution in [-0.4, -0.2) is 12.5 Å². The largest absolute Gasteiger partial charge is 0.492 e. The fraction of sp³-hybridized carbons (Fsp3) is 0.174. The van der Waals surface area contributed by atoms with E-state index in [1.807, 2.05) is 68.4 Å². The average Bonchev–Trinajstić information content (AvgIpc) is 2.69. The van der Waals surface area contributed by atoms with Gasteiger partial charge in [-0.1, -0.05) is 66.2 Å². The van der Waals surface area contributed by atoms with Crippen molar-refractivity contribution in [1.82, 2.24) is 5.32 Å². The normalized spacial score (nSPS) is 11.7. The predicted molar refractivity (Wildman–Crippen MR) is 110 cm³/mol. The second-order valence-corrected chi connectivity index (χ2v) is 6.66. The van der Waals surface area contributed by atoms with Crippen molar-refractivity contribution in [3.63, 3.8) is 0 Å². The van der Waals surface area contributed by atoms with Crippen molar-refractivity contribution in [2.45, 2.75) is 19.9 Å². The minimum atomic E-state index is -0.245. The molecule has 0 aromatic heterocycles. The number of hydrogen-bond acceptors (Lipinski definition) is 2. The third-order valence-corrected chi connectivity index (χ3v) is 4.70. The number of ether oxygens (including phenoxy) is 1. The molecule has 0 aliphatic heterocycles. The van der Waals surface area contributed by atoms with Crippen LogP contribution in [0.4, 0.5) is 0 Å². The van der Waals surface area contributed by atoms with Crippen LogP contribution in [0.15, 0.2) is 72.8 Å². The van der Waals surface area contributed by atoms with Crippen LogP contribution in [0.5, 0.6) is 5.75 Å². The maximum Gasteiger partial charge on any atom is 0.252 e. The Bertz CT molecular complexity index is 925. The lowest BCUT2D eigenvalue weighted by Gasteiger charge is -2.22. The van der Waals surface area contributed by atoms with Gasteiger partial charge in [-0.15, -0.1) is 0 Å². The van der Waals surface area contributed by atoms with Crippen LogP contribution >= 0.6 is 11.6 Å². The first-order valence-corrected chi connectivity index (χ1v) is 9.31. The highest BCUT2D eigenvalue weighted by Crippen LogP contribution is 2.28. The van der Waals surface area contributed by atoms with Gasteiger partial charge in [0.05, 0.1) is 17.7 Å². The molecule has 0 bridgehead atoms. The standard InChI is InChI=1S/C23H22ClNO2/c1-3-27-21-14-13-18(15-20(21)24)23(26)25-22(17-10-5-4-6-11-17)19-12-8-7-9-16(19)2/h4-15,22H,3H2,1-2H3,(H,25,26)/t22-/m1/s1. The fourth-order valence-electron chi connectivity index (χ4n) is 3.03. The van der Waals surface area contributed by atoms with E-state index in [4.69, 9.17) is 16.3 Å². The van der Waals surface area contributed by atoms with Crippen molar-refractivity contribution in [2.24, 2.45) is 0 Å². The second kappa shape index (κ2) is 8.74. The van der Waals surface area contributed by atoms with E-state index in [1.54, 1.807) is 18.2 Å². The molecule has 0 fully saturated rings. The number of amides is 1. The summed E-state index contributed by atoms with van der Waals surface area (Å²) < 4.78 is 5.44. The molecule has 0 unspecified atom stereocenters. The van der Waals surface area contributed by atoms with E-state index < -0.39 is 0 Å². The maximum absolute atomic E-state index is 12.9. The minimum absolute atomic E-state index is 0.183. The molecule has 3 aromatic carbocycles. The van der Waals surface area contributed by atoms with Gasteiger partial charge in [0, 0.05) is 5.56 Å². The molecule has 138 valence electrons. The summed E-state index contributed by atoms with van der Waals surface area (Å²) in [5.74, 6) is 0.395. The molecule has 27 heavy (non-hydrogen) atoms. The number of nitrogens with one attached hydrogen (secondary N) is 1. The summed E-state index contributed by atoms with van der Waals surface area (Å²) in [4.78, 5) is 12.9. The summed E-state index contributed by atoms with van der Waals surface area (Å²) in [6.07, 6.45) is 0. The summed E-state index contributed by atoms with van der Waals surface area (Å²) in [6.45, 7) is 4.46. The number of aryl methyl sites for hydroxylation is 1. The van der Waals surface area contributed by atoms with Crippen molar-refractivity contribution < 1.29 is 9.53 Å². The fourth-order valence-corrected chi connectivity index (χ4v) is 3.26. The first-order valence-electron chi connectivity index (χ1n) is 8.94. The summed E-state index contributed by atoms with van der Waals surface area (Å²) in [7, 11) is 0. The summed E-state index contributed by atoms with van der Waals surface area (Å²) >= 11 is 6.24. The number of halogens is 1. The molecule has 0 saturated carbocycles. The molecule has 3 aromatic rings. The van der Waals surface area contributed by atoms with Crippen LogP contribution in [0.2, 0.25) is 5.02 Å². The first kappa shape index (κ1) is 19.0. The smallest absolute Gasteiger partial charge is 0.252 e. The molecule has 3 nitrogen and oxygen atoms in total. The van der Waals surface area contributed by atoms with E-state index in [-0.39, 0.29) is 11.9 Å². The Labute approximate surface area is 164 Å². The molecule has 1 amide bonds. The molecule has 0 aliphatic rings. The Morgan fingerprint density at radius 3 is 2.41 bits per heavy atom. The van der Waals surface area contributed by atoms with Gasteiger partial charge in [0.25, 0.3) is 5.91 Å². The van der Waals surface area contributed by atoms with E-state index in [2.05, 4.69) is 5.32 Å². The average molecular weight is 380 g/mol. The van der Waals surface area contributed by atoms with Crippen molar-refractivity contribution in [2.75, 3.05) is 6.61 Å². The monoisotopic (exact) mass is 379 g/mol. The van der Waals surface area contributed by atoms with Gasteiger partial charge in [0.2, 0.25) is 0 Å². The highest BCUT2D eigenvalue weighted by Gasteiger charge is 2.19. The Hall–Kier alpha value is -2.78. The molecule has 0 spiro atoms. The van der Waals surface area contributed by atoms with E-state index in [1.165, 1.54) is 0 Å². The van der Waals surface area contributed by atoms with Crippen molar-refractivity contribution in [1.29, 1.82) is 0 Å². The predicted octanol–water partition coefficient (Wildman–Crippen LogP) is 5.57. The van der Waals surface area contributed by atoms with E-state index in [0.717, 1.165) is 16.7 Å². The van der Waals surface area contributed by atoms with E-state index in [0.29, 0.717) is 22.9 Å². The van der Waals surface area contributed by atoms with Crippen LogP contribution in [0.3, 0.4) is 0 Å². The van der Waals surface area contributed by atoms with Gasteiger partial charge in [0.15, 0.2) is 0 Å². The van der Waals surface area contributed by atoms with Crippen LogP contribution in [-0.2, 0) is 0 Å². The van der Waals surface area contributed by atoms with Crippen molar-refractivity contribution in [3.8, 4) is 5.75 Å². The highest BCUT2D eigenvalue weighted by atomic mass is 35.5. The molecular weight excluding hydrogens is 358 g/mol. The summed E-state index contributed by atoms with van der Waals surface area (Å²) in [5, 5.41) is 3.57. The van der Waals surface area contributed by atoms with Crippen molar-refractivity contribution >= 4 is 17.5 Å². The van der Waals surface area contributed by atoms with Gasteiger partial charge in [-0.2, -0.15) is 0 Å². The Balaban J connectivity index is 1.92. The number of rotatable bonds is 6. The van der Waals surface area contributed by atoms with E-state index >= 15 is 0 Å². The van der Waals surface area contributed by atoms with Crippen LogP contribution in [0, 0.1) is 6.92 Å². The maximum atomic E-state index is 12.9. The summed E-state index contributed by atoms with van der Waals surface area (Å²) in [6, 6.07) is 22.9. The third-order valence-electron chi connectivity index (χ3n) is 4.40. The molecule has 0 radical (unpaired) electrons. The molecule has 3 rings (SSSR count). The van der Waals surface area contributed by atoms with E-state index in [9.17, 15) is 4.79 Å². The second-order valence-electron chi connectivity index (χ2n) is 6.25. The highest BCUT2D eigenvalue weighted by molar-refractivity contribution is 6.32. The van der Waals surface area contributed by atoms with Crippen LogP contribution in [0.1, 0.15) is 40.0 Å². The SMILES string of the molecule is CCOc1ccc(C(=O)N[C@H](c2ccccc2)c2ccccc2C)cc1Cl. The molecule has 1 N–H and O–H groups in total. The molecular formula is C23H22ClNO2. The zero-order valence-corrected chi connectivity index (χ0v) is 16.2. The third kappa shape index (κ3) is 4.50. The molecule has 4 heteroatoms. The number of carbonyl (C=O) groups excluding carboxylic acids is 1. The number of benzene rings is 3. The first-order chi connectivity index (χ1) is 13.1. The molecule has 1 atom stereocenters. The number of carbonyl (C=O) groups is 1. The lowest BCUT2D eigenvalue weighted by atomic mass is 9.94. The molecule has 0 saturated heterocycles. The van der Waals surface area contributed by atoms with Crippen LogP contribution in [0.25, 0.3) is 0 Å². The number of hydrogen-bond donors (Lipinski definition) is 1. The topological polar surface area (TPSA) is 38.3 Å².